The van der Waals surface area contributed by atoms with Crippen LogP contribution in [0.2, 0.25) is 0 Å². The number of nitrogens with zero attached hydrogens (tertiary/aromatic N) is 4. The second-order valence-electron chi connectivity index (χ2n) is 9.23. The molecule has 174 valence electrons. The Balaban J connectivity index is 1.45. The summed E-state index contributed by atoms with van der Waals surface area (Å²) < 4.78 is 13.6. The molecule has 1 saturated heterocycles. The number of ether oxygens (including phenoxy) is 2. The van der Waals surface area contributed by atoms with E-state index >= 15 is 0 Å². The third-order valence-electron chi connectivity index (χ3n) is 6.90. The number of hydrogen-bond acceptors (Lipinski definition) is 5. The van der Waals surface area contributed by atoms with Crippen LogP contribution in [0.15, 0.2) is 24.4 Å². The second-order valence-corrected chi connectivity index (χ2v) is 9.23. The molecule has 0 unspecified atom stereocenters. The largest absolute Gasteiger partial charge is 0.497 e. The number of methoxy groups -OCH3 is 1. The van der Waals surface area contributed by atoms with Gasteiger partial charge in [-0.1, -0.05) is 12.8 Å². The molecule has 2 fully saturated rings. The number of likely N-dealkylation sites (tertiary alicyclic amines) is 1. The summed E-state index contributed by atoms with van der Waals surface area (Å²) in [6.45, 7) is 4.62. The molecule has 0 N–H and O–H groups in total. The van der Waals surface area contributed by atoms with Gasteiger partial charge in [0.05, 0.1) is 18.4 Å². The third kappa shape index (κ3) is 5.09. The maximum Gasteiger partial charge on any atom is 0.257 e. The highest BCUT2D eigenvalue weighted by Crippen LogP contribution is 2.30. The lowest BCUT2D eigenvalue weighted by molar-refractivity contribution is 0.0709. The van der Waals surface area contributed by atoms with Gasteiger partial charge in [-0.15, -0.1) is 0 Å². The summed E-state index contributed by atoms with van der Waals surface area (Å²) in [5.74, 6) is 1.22. The van der Waals surface area contributed by atoms with E-state index in [4.69, 9.17) is 9.47 Å². The van der Waals surface area contributed by atoms with E-state index in [0.29, 0.717) is 23.6 Å². The molecule has 2 aromatic rings. The maximum atomic E-state index is 13.4. The lowest BCUT2D eigenvalue weighted by Crippen LogP contribution is -2.43. The van der Waals surface area contributed by atoms with Crippen LogP contribution in [0, 0.1) is 6.92 Å². The van der Waals surface area contributed by atoms with Crippen LogP contribution in [0.25, 0.3) is 0 Å². The molecule has 1 aliphatic heterocycles. The number of aryl methyl sites for hydroxylation is 2. The summed E-state index contributed by atoms with van der Waals surface area (Å²) >= 11 is 0. The highest BCUT2D eigenvalue weighted by molar-refractivity contribution is 5.97. The predicted molar refractivity (Wildman–Crippen MR) is 124 cm³/mol. The molecule has 2 aliphatic rings. The SMILES string of the molecule is COc1ccc(OC2CCN(C3CCCC3)CC2)c(C(=O)N(C)Cc2cn(C)nc2C)c1. The number of piperidine rings is 1. The first kappa shape index (κ1) is 22.6. The smallest absolute Gasteiger partial charge is 0.257 e. The van der Waals surface area contributed by atoms with E-state index in [1.807, 2.05) is 39.3 Å². The zero-order chi connectivity index (χ0) is 22.7. The second kappa shape index (κ2) is 9.94. The fraction of sp³-hybridized carbons (Fsp3) is 0.600. The minimum Gasteiger partial charge on any atom is -0.497 e. The number of hydrogen-bond donors (Lipinski definition) is 0. The average molecular weight is 441 g/mol. The molecule has 0 atom stereocenters. The first-order chi connectivity index (χ1) is 15.4. The molecule has 1 saturated carbocycles. The Labute approximate surface area is 191 Å². The number of benzene rings is 1. The van der Waals surface area contributed by atoms with Crippen molar-refractivity contribution in [2.45, 2.75) is 64.1 Å². The Morgan fingerprint density at radius 1 is 1.19 bits per heavy atom. The summed E-state index contributed by atoms with van der Waals surface area (Å²) in [6, 6.07) is 6.29. The molecule has 4 rings (SSSR count). The van der Waals surface area contributed by atoms with Crippen LogP contribution in [0.5, 0.6) is 11.5 Å². The lowest BCUT2D eigenvalue weighted by atomic mass is 10.0. The minimum absolute atomic E-state index is 0.0782. The molecule has 7 nitrogen and oxygen atoms in total. The normalized spacial score (nSPS) is 18.1. The van der Waals surface area contributed by atoms with Crippen molar-refractivity contribution in [3.05, 3.63) is 41.2 Å². The Kier molecular flexibility index (Phi) is 7.04. The van der Waals surface area contributed by atoms with E-state index in [9.17, 15) is 4.79 Å². The van der Waals surface area contributed by atoms with Gasteiger partial charge in [0.15, 0.2) is 0 Å². The van der Waals surface area contributed by atoms with Gasteiger partial charge in [-0.05, 0) is 50.8 Å². The zero-order valence-electron chi connectivity index (χ0n) is 19.8. The van der Waals surface area contributed by atoms with Crippen molar-refractivity contribution in [3.8, 4) is 11.5 Å². The van der Waals surface area contributed by atoms with Gasteiger partial charge in [-0.2, -0.15) is 5.10 Å². The summed E-state index contributed by atoms with van der Waals surface area (Å²) in [7, 11) is 5.33. The van der Waals surface area contributed by atoms with Crippen LogP contribution in [-0.2, 0) is 13.6 Å². The molecule has 2 heterocycles. The van der Waals surface area contributed by atoms with Crippen molar-refractivity contribution in [1.82, 2.24) is 19.6 Å². The van der Waals surface area contributed by atoms with E-state index in [2.05, 4.69) is 10.00 Å². The number of amides is 1. The van der Waals surface area contributed by atoms with Gasteiger partial charge in [0.2, 0.25) is 0 Å². The van der Waals surface area contributed by atoms with Crippen LogP contribution in [0.4, 0.5) is 0 Å². The molecule has 0 spiro atoms. The number of carbonyl (C=O) groups is 1. The molecule has 0 bridgehead atoms. The third-order valence-corrected chi connectivity index (χ3v) is 6.90. The van der Waals surface area contributed by atoms with Gasteiger partial charge < -0.3 is 19.3 Å². The molecule has 32 heavy (non-hydrogen) atoms. The summed E-state index contributed by atoms with van der Waals surface area (Å²) in [5, 5.41) is 4.38. The van der Waals surface area contributed by atoms with Crippen molar-refractivity contribution in [2.24, 2.45) is 7.05 Å². The highest BCUT2D eigenvalue weighted by Gasteiger charge is 2.29. The van der Waals surface area contributed by atoms with Crippen LogP contribution in [0.1, 0.15) is 60.1 Å². The van der Waals surface area contributed by atoms with E-state index < -0.39 is 0 Å². The van der Waals surface area contributed by atoms with Crippen molar-refractivity contribution < 1.29 is 14.3 Å². The van der Waals surface area contributed by atoms with Crippen molar-refractivity contribution in [1.29, 1.82) is 0 Å². The fourth-order valence-electron chi connectivity index (χ4n) is 5.05. The molecule has 7 heteroatoms. The van der Waals surface area contributed by atoms with Gasteiger partial charge >= 0.3 is 0 Å². The first-order valence-corrected chi connectivity index (χ1v) is 11.8. The highest BCUT2D eigenvalue weighted by atomic mass is 16.5. The summed E-state index contributed by atoms with van der Waals surface area (Å²) in [6.07, 6.45) is 9.51. The number of carbonyl (C=O) groups excluding carboxylic acids is 1. The Morgan fingerprint density at radius 3 is 2.53 bits per heavy atom. The van der Waals surface area contributed by atoms with Crippen LogP contribution in [-0.4, -0.2) is 64.9 Å². The fourth-order valence-corrected chi connectivity index (χ4v) is 5.05. The topological polar surface area (TPSA) is 59.8 Å². The molecule has 1 amide bonds. The van der Waals surface area contributed by atoms with Gasteiger partial charge in [0.1, 0.15) is 17.6 Å². The van der Waals surface area contributed by atoms with Gasteiger partial charge in [-0.3, -0.25) is 9.48 Å². The lowest BCUT2D eigenvalue weighted by Gasteiger charge is -2.36. The maximum absolute atomic E-state index is 13.4. The monoisotopic (exact) mass is 440 g/mol. The van der Waals surface area contributed by atoms with Gasteiger partial charge in [-0.25, -0.2) is 0 Å². The van der Waals surface area contributed by atoms with Gasteiger partial charge in [0.25, 0.3) is 5.91 Å². The Bertz CT molecular complexity index is 927. The summed E-state index contributed by atoms with van der Waals surface area (Å²) in [4.78, 5) is 17.7. The molecule has 1 aromatic heterocycles. The molecular formula is C25H36N4O3. The Morgan fingerprint density at radius 2 is 1.91 bits per heavy atom. The Hall–Kier alpha value is -2.54. The quantitative estimate of drug-likeness (QED) is 0.656. The van der Waals surface area contributed by atoms with E-state index in [-0.39, 0.29) is 12.0 Å². The van der Waals surface area contributed by atoms with Crippen molar-refractivity contribution >= 4 is 5.91 Å². The van der Waals surface area contributed by atoms with Crippen LogP contribution < -0.4 is 9.47 Å². The number of rotatable bonds is 7. The van der Waals surface area contributed by atoms with Crippen LogP contribution >= 0.6 is 0 Å². The standard InChI is InChI=1S/C25H36N4O3/c1-18-19(17-28(3)26-18)16-27(2)25(30)23-15-22(31-4)9-10-24(23)32-21-11-13-29(14-12-21)20-7-5-6-8-20/h9-10,15,17,20-21H,5-8,11-14,16H2,1-4H3. The van der Waals surface area contributed by atoms with E-state index in [1.54, 1.807) is 22.8 Å². The van der Waals surface area contributed by atoms with Gasteiger partial charge in [0, 0.05) is 51.5 Å². The van der Waals surface area contributed by atoms with E-state index in [0.717, 1.165) is 43.2 Å². The van der Waals surface area contributed by atoms with Crippen LogP contribution in [0.3, 0.4) is 0 Å². The minimum atomic E-state index is -0.0782. The predicted octanol–water partition coefficient (Wildman–Crippen LogP) is 3.80. The average Bonchev–Trinajstić information content (AvgIpc) is 3.44. The molecule has 1 aromatic carbocycles. The van der Waals surface area contributed by atoms with E-state index in [1.165, 1.54) is 25.7 Å². The molecule has 0 radical (unpaired) electrons. The van der Waals surface area contributed by atoms with Crippen molar-refractivity contribution in [3.63, 3.8) is 0 Å². The zero-order valence-corrected chi connectivity index (χ0v) is 19.8. The molecular weight excluding hydrogens is 404 g/mol. The van der Waals surface area contributed by atoms with Crippen molar-refractivity contribution in [2.75, 3.05) is 27.2 Å². The molecule has 1 aliphatic carbocycles. The summed E-state index contributed by atoms with van der Waals surface area (Å²) in [5.41, 5.74) is 2.52. The first-order valence-electron chi connectivity index (χ1n) is 11.8. The number of aromatic nitrogens is 2.